The fourth-order valence-corrected chi connectivity index (χ4v) is 3.59. The maximum atomic E-state index is 13.2. The van der Waals surface area contributed by atoms with Crippen molar-refractivity contribution in [3.8, 4) is 0 Å². The summed E-state index contributed by atoms with van der Waals surface area (Å²) >= 11 is 6.14. The van der Waals surface area contributed by atoms with Gasteiger partial charge in [-0.1, -0.05) is 41.9 Å². The molecular weight excluding hydrogens is 405 g/mol. The maximum Gasteiger partial charge on any atom is 0.250 e. The van der Waals surface area contributed by atoms with Gasteiger partial charge in [0.15, 0.2) is 0 Å². The van der Waals surface area contributed by atoms with Crippen molar-refractivity contribution in [3.63, 3.8) is 0 Å². The second-order valence-corrected chi connectivity index (χ2v) is 7.46. The number of hydrogen-bond donors (Lipinski definition) is 2. The van der Waals surface area contributed by atoms with Crippen LogP contribution in [0, 0.1) is 5.82 Å². The Balaban J connectivity index is 1.55. The predicted octanol–water partition coefficient (Wildman–Crippen LogP) is 4.84. The van der Waals surface area contributed by atoms with E-state index in [4.69, 9.17) is 11.6 Å². The molecule has 3 aromatic carbocycles. The molecule has 1 atom stereocenters. The largest absolute Gasteiger partial charge is 0.372 e. The van der Waals surface area contributed by atoms with E-state index in [1.807, 2.05) is 30.3 Å². The molecular formula is C23H19ClFN3O2. The highest BCUT2D eigenvalue weighted by atomic mass is 35.5. The number of hydrogen-bond acceptors (Lipinski definition) is 3. The topological polar surface area (TPSA) is 61.4 Å². The molecule has 0 aliphatic carbocycles. The summed E-state index contributed by atoms with van der Waals surface area (Å²) in [5, 5.41) is 6.36. The molecule has 4 rings (SSSR count). The number of rotatable bonds is 5. The van der Waals surface area contributed by atoms with Crippen LogP contribution in [0.5, 0.6) is 0 Å². The number of carbonyl (C=O) groups is 2. The Labute approximate surface area is 178 Å². The molecule has 1 aliphatic rings. The first-order valence-corrected chi connectivity index (χ1v) is 9.84. The Morgan fingerprint density at radius 2 is 1.80 bits per heavy atom. The molecule has 2 N–H and O–H groups in total. The Morgan fingerprint density at radius 1 is 1.07 bits per heavy atom. The summed E-state index contributed by atoms with van der Waals surface area (Å²) in [4.78, 5) is 27.4. The van der Waals surface area contributed by atoms with Crippen molar-refractivity contribution in [1.29, 1.82) is 0 Å². The van der Waals surface area contributed by atoms with E-state index in [1.165, 1.54) is 24.3 Å². The average Bonchev–Trinajstić information content (AvgIpc) is 2.73. The lowest BCUT2D eigenvalue weighted by Gasteiger charge is -2.35. The minimum Gasteiger partial charge on any atom is -0.372 e. The first kappa shape index (κ1) is 19.9. The van der Waals surface area contributed by atoms with Gasteiger partial charge >= 0.3 is 0 Å². The van der Waals surface area contributed by atoms with Crippen LogP contribution in [0.2, 0.25) is 5.02 Å². The number of halogens is 2. The molecule has 152 valence electrons. The van der Waals surface area contributed by atoms with Crippen LogP contribution in [-0.2, 0) is 16.1 Å². The maximum absolute atomic E-state index is 13.2. The molecule has 3 aromatic rings. The Hall–Kier alpha value is -3.38. The van der Waals surface area contributed by atoms with E-state index in [-0.39, 0.29) is 24.1 Å². The summed E-state index contributed by atoms with van der Waals surface area (Å²) < 4.78 is 13.1. The van der Waals surface area contributed by atoms with E-state index in [0.29, 0.717) is 28.6 Å². The second-order valence-electron chi connectivity index (χ2n) is 7.03. The normalized spacial score (nSPS) is 15.3. The lowest BCUT2D eigenvalue weighted by atomic mass is 10.0. The minimum atomic E-state index is -0.750. The van der Waals surface area contributed by atoms with Crippen molar-refractivity contribution in [1.82, 2.24) is 0 Å². The molecule has 0 spiro atoms. The Bertz CT molecular complexity index is 1070. The molecule has 0 unspecified atom stereocenters. The number of carbonyl (C=O) groups excluding carboxylic acids is 2. The molecule has 1 heterocycles. The third kappa shape index (κ3) is 4.44. The van der Waals surface area contributed by atoms with Crippen LogP contribution in [-0.4, -0.2) is 17.9 Å². The van der Waals surface area contributed by atoms with Crippen LogP contribution >= 0.6 is 11.6 Å². The van der Waals surface area contributed by atoms with Crippen molar-refractivity contribution >= 4 is 40.5 Å². The van der Waals surface area contributed by atoms with E-state index in [2.05, 4.69) is 10.6 Å². The van der Waals surface area contributed by atoms with Gasteiger partial charge in [-0.3, -0.25) is 9.59 Å². The third-order valence-corrected chi connectivity index (χ3v) is 5.08. The molecule has 0 bridgehead atoms. The first-order valence-electron chi connectivity index (χ1n) is 9.46. The van der Waals surface area contributed by atoms with E-state index in [9.17, 15) is 14.0 Å². The van der Waals surface area contributed by atoms with Crippen molar-refractivity contribution in [2.45, 2.75) is 19.0 Å². The standard InChI is InChI=1S/C23H19ClFN3O2/c24-16-6-11-21-19(12-16)27-20(13-22(29)26-18-9-7-17(25)8-10-18)23(30)28(21)14-15-4-2-1-3-5-15/h1-12,20,27H,13-14H2,(H,26,29)/t20-/m0/s1. The van der Waals surface area contributed by atoms with Gasteiger partial charge in [-0.15, -0.1) is 0 Å². The monoisotopic (exact) mass is 423 g/mol. The average molecular weight is 424 g/mol. The van der Waals surface area contributed by atoms with Gasteiger partial charge < -0.3 is 15.5 Å². The lowest BCUT2D eigenvalue weighted by molar-refractivity contribution is -0.123. The van der Waals surface area contributed by atoms with Crippen molar-refractivity contribution in [3.05, 3.63) is 89.2 Å². The molecule has 30 heavy (non-hydrogen) atoms. The zero-order valence-corrected chi connectivity index (χ0v) is 16.7. The van der Waals surface area contributed by atoms with Crippen molar-refractivity contribution < 1.29 is 14.0 Å². The van der Waals surface area contributed by atoms with Crippen LogP contribution in [0.1, 0.15) is 12.0 Å². The number of fused-ring (bicyclic) bond motifs is 1. The van der Waals surface area contributed by atoms with Crippen LogP contribution in [0.4, 0.5) is 21.5 Å². The molecule has 0 fully saturated rings. The van der Waals surface area contributed by atoms with Gasteiger partial charge in [0.1, 0.15) is 11.9 Å². The van der Waals surface area contributed by atoms with E-state index >= 15 is 0 Å². The smallest absolute Gasteiger partial charge is 0.250 e. The summed E-state index contributed by atoms with van der Waals surface area (Å²) in [7, 11) is 0. The van der Waals surface area contributed by atoms with E-state index in [0.717, 1.165) is 5.56 Å². The Kier molecular flexibility index (Phi) is 5.68. The van der Waals surface area contributed by atoms with Crippen LogP contribution in [0.25, 0.3) is 0 Å². The zero-order valence-electron chi connectivity index (χ0n) is 15.9. The van der Waals surface area contributed by atoms with Gasteiger partial charge in [0.2, 0.25) is 11.8 Å². The van der Waals surface area contributed by atoms with Crippen molar-refractivity contribution in [2.75, 3.05) is 15.5 Å². The number of anilines is 3. The quantitative estimate of drug-likeness (QED) is 0.617. The highest BCUT2D eigenvalue weighted by Crippen LogP contribution is 2.35. The molecule has 0 radical (unpaired) electrons. The second kappa shape index (κ2) is 8.55. The fourth-order valence-electron chi connectivity index (χ4n) is 3.41. The zero-order chi connectivity index (χ0) is 21.1. The van der Waals surface area contributed by atoms with Crippen LogP contribution < -0.4 is 15.5 Å². The van der Waals surface area contributed by atoms with Crippen LogP contribution in [0.3, 0.4) is 0 Å². The predicted molar refractivity (Wildman–Crippen MR) is 116 cm³/mol. The SMILES string of the molecule is O=C(C[C@@H]1Nc2cc(Cl)ccc2N(Cc2ccccc2)C1=O)Nc1ccc(F)cc1. The molecule has 5 nitrogen and oxygen atoms in total. The molecule has 0 aromatic heterocycles. The summed E-state index contributed by atoms with van der Waals surface area (Å²) in [5.74, 6) is -0.942. The summed E-state index contributed by atoms with van der Waals surface area (Å²) in [5.41, 5.74) is 2.85. The highest BCUT2D eigenvalue weighted by molar-refractivity contribution is 6.31. The molecule has 1 aliphatic heterocycles. The van der Waals surface area contributed by atoms with Gasteiger partial charge in [0, 0.05) is 10.7 Å². The number of nitrogens with one attached hydrogen (secondary N) is 2. The summed E-state index contributed by atoms with van der Waals surface area (Å²) in [6, 6.07) is 19.6. The summed E-state index contributed by atoms with van der Waals surface area (Å²) in [6.07, 6.45) is -0.0759. The van der Waals surface area contributed by atoms with Gasteiger partial charge in [-0.05, 0) is 48.0 Å². The molecule has 2 amide bonds. The van der Waals surface area contributed by atoms with Gasteiger partial charge in [-0.25, -0.2) is 4.39 Å². The third-order valence-electron chi connectivity index (χ3n) is 4.84. The molecule has 0 saturated heterocycles. The van der Waals surface area contributed by atoms with E-state index < -0.39 is 6.04 Å². The number of amides is 2. The first-order chi connectivity index (χ1) is 14.5. The molecule has 7 heteroatoms. The number of nitrogens with zero attached hydrogens (tertiary/aromatic N) is 1. The van der Waals surface area contributed by atoms with Gasteiger partial charge in [-0.2, -0.15) is 0 Å². The van der Waals surface area contributed by atoms with Crippen LogP contribution in [0.15, 0.2) is 72.8 Å². The number of benzene rings is 3. The summed E-state index contributed by atoms with van der Waals surface area (Å²) in [6.45, 7) is 0.381. The van der Waals surface area contributed by atoms with Gasteiger partial charge in [0.25, 0.3) is 0 Å². The van der Waals surface area contributed by atoms with E-state index in [1.54, 1.807) is 23.1 Å². The van der Waals surface area contributed by atoms with Crippen molar-refractivity contribution in [2.24, 2.45) is 0 Å². The molecule has 0 saturated carbocycles. The highest BCUT2D eigenvalue weighted by Gasteiger charge is 2.34. The Morgan fingerprint density at radius 3 is 2.53 bits per heavy atom. The fraction of sp³-hybridized carbons (Fsp3) is 0.130. The van der Waals surface area contributed by atoms with Gasteiger partial charge in [0.05, 0.1) is 24.3 Å². The minimum absolute atomic E-state index is 0.0759. The lowest BCUT2D eigenvalue weighted by Crippen LogP contribution is -2.48.